The second-order valence-electron chi connectivity index (χ2n) is 4.59. The summed E-state index contributed by atoms with van der Waals surface area (Å²) >= 11 is 0. The predicted octanol–water partition coefficient (Wildman–Crippen LogP) is 3.07. The molecule has 0 aromatic heterocycles. The molecule has 0 radical (unpaired) electrons. The zero-order valence-electron chi connectivity index (χ0n) is 12.1. The lowest BCUT2D eigenvalue weighted by Gasteiger charge is -2.09. The molecule has 0 aliphatic rings. The van der Waals surface area contributed by atoms with Gasteiger partial charge in [0.1, 0.15) is 5.69 Å². The van der Waals surface area contributed by atoms with Gasteiger partial charge in [-0.25, -0.2) is 0 Å². The van der Waals surface area contributed by atoms with Gasteiger partial charge in [0.2, 0.25) is 11.8 Å². The first kappa shape index (κ1) is 16.6. The van der Waals surface area contributed by atoms with Crippen LogP contribution in [-0.2, 0) is 9.59 Å². The van der Waals surface area contributed by atoms with Crippen LogP contribution in [0.1, 0.15) is 39.5 Å². The molecule has 7 nitrogen and oxygen atoms in total. The lowest BCUT2D eigenvalue weighted by atomic mass is 10.2. The minimum Gasteiger partial charge on any atom is -0.326 e. The fourth-order valence-corrected chi connectivity index (χ4v) is 1.76. The molecule has 0 fully saturated rings. The summed E-state index contributed by atoms with van der Waals surface area (Å²) in [4.78, 5) is 33.5. The Bertz CT molecular complexity index is 543. The Morgan fingerprint density at radius 2 is 1.67 bits per heavy atom. The highest BCUT2D eigenvalue weighted by atomic mass is 16.6. The minimum atomic E-state index is -0.570. The predicted molar refractivity (Wildman–Crippen MR) is 80.2 cm³/mol. The topological polar surface area (TPSA) is 101 Å². The van der Waals surface area contributed by atoms with Gasteiger partial charge in [0.15, 0.2) is 0 Å². The number of rotatable bonds is 7. The van der Waals surface area contributed by atoms with E-state index in [0.29, 0.717) is 24.9 Å². The number of carbonyl (C=O) groups excluding carboxylic acids is 2. The van der Waals surface area contributed by atoms with E-state index < -0.39 is 4.92 Å². The van der Waals surface area contributed by atoms with Crippen molar-refractivity contribution in [2.75, 3.05) is 10.6 Å². The van der Waals surface area contributed by atoms with Gasteiger partial charge >= 0.3 is 0 Å². The van der Waals surface area contributed by atoms with Gasteiger partial charge in [0, 0.05) is 24.6 Å². The van der Waals surface area contributed by atoms with Crippen molar-refractivity contribution in [3.8, 4) is 0 Å². The van der Waals surface area contributed by atoms with Gasteiger partial charge in [-0.1, -0.05) is 13.8 Å². The molecule has 0 saturated carbocycles. The van der Waals surface area contributed by atoms with E-state index in [1.807, 2.05) is 13.8 Å². The van der Waals surface area contributed by atoms with E-state index in [1.54, 1.807) is 0 Å². The van der Waals surface area contributed by atoms with E-state index in [9.17, 15) is 19.7 Å². The Morgan fingerprint density at radius 3 is 2.19 bits per heavy atom. The number of nitro benzene ring substituents is 1. The number of amides is 2. The summed E-state index contributed by atoms with van der Waals surface area (Å²) in [7, 11) is 0. The minimum absolute atomic E-state index is 0.0905. The molecule has 114 valence electrons. The number of hydrogen-bond acceptors (Lipinski definition) is 4. The van der Waals surface area contributed by atoms with E-state index in [-0.39, 0.29) is 29.6 Å². The molecule has 0 unspecified atom stereocenters. The monoisotopic (exact) mass is 293 g/mol. The number of carbonyl (C=O) groups is 2. The molecule has 21 heavy (non-hydrogen) atoms. The van der Waals surface area contributed by atoms with E-state index in [1.165, 1.54) is 18.2 Å². The average molecular weight is 293 g/mol. The number of nitro groups is 1. The Hall–Kier alpha value is -2.44. The molecule has 1 aromatic rings. The smallest absolute Gasteiger partial charge is 0.292 e. The molecule has 0 aliphatic carbocycles. The summed E-state index contributed by atoms with van der Waals surface area (Å²) in [6.45, 7) is 3.72. The van der Waals surface area contributed by atoms with Gasteiger partial charge in [-0.05, 0) is 25.0 Å². The van der Waals surface area contributed by atoms with Crippen molar-refractivity contribution < 1.29 is 14.5 Å². The highest BCUT2D eigenvalue weighted by Gasteiger charge is 2.16. The number of benzene rings is 1. The molecule has 0 bridgehead atoms. The van der Waals surface area contributed by atoms with Gasteiger partial charge < -0.3 is 10.6 Å². The van der Waals surface area contributed by atoms with Crippen LogP contribution in [0.3, 0.4) is 0 Å². The fraction of sp³-hybridized carbons (Fsp3) is 0.429. The maximum absolute atomic E-state index is 11.6. The average Bonchev–Trinajstić information content (AvgIpc) is 2.38. The fourth-order valence-electron chi connectivity index (χ4n) is 1.76. The van der Waals surface area contributed by atoms with Gasteiger partial charge in [-0.3, -0.25) is 19.7 Å². The number of nitrogens with one attached hydrogen (secondary N) is 2. The van der Waals surface area contributed by atoms with E-state index >= 15 is 0 Å². The maximum atomic E-state index is 11.6. The van der Waals surface area contributed by atoms with Crippen LogP contribution in [0.4, 0.5) is 17.1 Å². The van der Waals surface area contributed by atoms with Crippen molar-refractivity contribution in [2.24, 2.45) is 0 Å². The Balaban J connectivity index is 2.97. The number of nitrogens with zero attached hydrogens (tertiary/aromatic N) is 1. The summed E-state index contributed by atoms with van der Waals surface area (Å²) in [5.74, 6) is -0.463. The molecule has 7 heteroatoms. The molecule has 0 aliphatic heterocycles. The highest BCUT2D eigenvalue weighted by Crippen LogP contribution is 2.28. The van der Waals surface area contributed by atoms with Crippen LogP contribution in [0.15, 0.2) is 18.2 Å². The lowest BCUT2D eigenvalue weighted by molar-refractivity contribution is -0.383. The van der Waals surface area contributed by atoms with Crippen LogP contribution in [-0.4, -0.2) is 16.7 Å². The zero-order valence-corrected chi connectivity index (χ0v) is 12.1. The van der Waals surface area contributed by atoms with Crippen molar-refractivity contribution in [1.29, 1.82) is 0 Å². The maximum Gasteiger partial charge on any atom is 0.292 e. The van der Waals surface area contributed by atoms with E-state index in [0.717, 1.165) is 0 Å². The first-order chi connectivity index (χ1) is 9.97. The third-order valence-corrected chi connectivity index (χ3v) is 2.71. The Kier molecular flexibility index (Phi) is 6.32. The summed E-state index contributed by atoms with van der Waals surface area (Å²) in [5.41, 5.74) is 0.312. The van der Waals surface area contributed by atoms with Crippen LogP contribution in [0.2, 0.25) is 0 Å². The molecule has 0 atom stereocenters. The lowest BCUT2D eigenvalue weighted by Crippen LogP contribution is -2.14. The largest absolute Gasteiger partial charge is 0.326 e. The van der Waals surface area contributed by atoms with Crippen molar-refractivity contribution in [2.45, 2.75) is 39.5 Å². The van der Waals surface area contributed by atoms with E-state index in [2.05, 4.69) is 10.6 Å². The van der Waals surface area contributed by atoms with Crippen molar-refractivity contribution in [3.63, 3.8) is 0 Å². The molecule has 0 heterocycles. The summed E-state index contributed by atoms with van der Waals surface area (Å²) in [5, 5.41) is 16.1. The Morgan fingerprint density at radius 1 is 1.10 bits per heavy atom. The molecule has 2 N–H and O–H groups in total. The first-order valence-corrected chi connectivity index (χ1v) is 6.86. The van der Waals surface area contributed by atoms with Crippen LogP contribution >= 0.6 is 0 Å². The molecular weight excluding hydrogens is 274 g/mol. The van der Waals surface area contributed by atoms with Gasteiger partial charge in [-0.2, -0.15) is 0 Å². The quantitative estimate of drug-likeness (QED) is 0.595. The molecular formula is C14H19N3O4. The summed E-state index contributed by atoms with van der Waals surface area (Å²) in [6, 6.07) is 4.11. The van der Waals surface area contributed by atoms with Crippen LogP contribution < -0.4 is 10.6 Å². The van der Waals surface area contributed by atoms with Gasteiger partial charge in [0.05, 0.1) is 4.92 Å². The van der Waals surface area contributed by atoms with Crippen LogP contribution in [0.5, 0.6) is 0 Å². The highest BCUT2D eigenvalue weighted by molar-refractivity contribution is 5.96. The summed E-state index contributed by atoms with van der Waals surface area (Å²) in [6.07, 6.45) is 2.00. The molecule has 0 saturated heterocycles. The SMILES string of the molecule is CCCC(=O)Nc1ccc([N+](=O)[O-])c(NC(=O)CCC)c1. The van der Waals surface area contributed by atoms with Gasteiger partial charge in [0.25, 0.3) is 5.69 Å². The molecule has 1 aromatic carbocycles. The molecule has 1 rings (SSSR count). The van der Waals surface area contributed by atoms with Gasteiger partial charge in [-0.15, -0.1) is 0 Å². The number of hydrogen-bond donors (Lipinski definition) is 2. The standard InChI is InChI=1S/C14H19N3O4/c1-3-5-13(18)15-10-7-8-12(17(20)21)11(9-10)16-14(19)6-4-2/h7-9H,3-6H2,1-2H3,(H,15,18)(H,16,19). The first-order valence-electron chi connectivity index (χ1n) is 6.86. The summed E-state index contributed by atoms with van der Waals surface area (Å²) < 4.78 is 0. The van der Waals surface area contributed by atoms with Crippen molar-refractivity contribution >= 4 is 28.9 Å². The van der Waals surface area contributed by atoms with Crippen LogP contribution in [0, 0.1) is 10.1 Å². The molecule has 0 spiro atoms. The number of anilines is 2. The van der Waals surface area contributed by atoms with Crippen molar-refractivity contribution in [1.82, 2.24) is 0 Å². The van der Waals surface area contributed by atoms with Crippen LogP contribution in [0.25, 0.3) is 0 Å². The zero-order chi connectivity index (χ0) is 15.8. The second-order valence-corrected chi connectivity index (χ2v) is 4.59. The second kappa shape index (κ2) is 7.98. The third kappa shape index (κ3) is 5.21. The van der Waals surface area contributed by atoms with Crippen molar-refractivity contribution in [3.05, 3.63) is 28.3 Å². The molecule has 2 amide bonds. The third-order valence-electron chi connectivity index (χ3n) is 2.71. The Labute approximate surface area is 122 Å². The van der Waals surface area contributed by atoms with E-state index in [4.69, 9.17) is 0 Å². The normalized spacial score (nSPS) is 10.0.